The monoisotopic (exact) mass is 294 g/mol. The van der Waals surface area contributed by atoms with E-state index in [1.807, 2.05) is 11.8 Å². The van der Waals surface area contributed by atoms with Crippen molar-refractivity contribution < 1.29 is 0 Å². The molecule has 0 aliphatic rings. The minimum atomic E-state index is 1.13. The molecule has 2 nitrogen and oxygen atoms in total. The van der Waals surface area contributed by atoms with Crippen molar-refractivity contribution in [2.45, 2.75) is 25.5 Å². The first-order valence-corrected chi connectivity index (χ1v) is 8.86. The van der Waals surface area contributed by atoms with Crippen molar-refractivity contribution in [3.05, 3.63) is 35.9 Å². The summed E-state index contributed by atoms with van der Waals surface area (Å²) in [5.41, 5.74) is 1.43. The molecule has 0 spiro atoms. The van der Waals surface area contributed by atoms with E-state index in [0.29, 0.717) is 0 Å². The molecule has 0 atom stereocenters. The van der Waals surface area contributed by atoms with Crippen LogP contribution in [0.15, 0.2) is 30.3 Å². The first kappa shape index (κ1) is 17.5. The maximum Gasteiger partial charge on any atom is 0.0185 e. The third-order valence-electron chi connectivity index (χ3n) is 3.49. The third kappa shape index (κ3) is 8.62. The highest BCUT2D eigenvalue weighted by Crippen LogP contribution is 2.11. The number of rotatable bonds is 11. The Morgan fingerprint density at radius 2 is 1.55 bits per heavy atom. The van der Waals surface area contributed by atoms with Gasteiger partial charge in [0.1, 0.15) is 0 Å². The molecule has 1 rings (SSSR count). The number of thioether (sulfide) groups is 1. The van der Waals surface area contributed by atoms with Crippen molar-refractivity contribution in [1.82, 2.24) is 9.80 Å². The van der Waals surface area contributed by atoms with E-state index in [-0.39, 0.29) is 0 Å². The lowest BCUT2D eigenvalue weighted by Gasteiger charge is -2.21. The zero-order chi connectivity index (χ0) is 14.6. The van der Waals surface area contributed by atoms with E-state index in [9.17, 15) is 0 Å². The van der Waals surface area contributed by atoms with E-state index >= 15 is 0 Å². The summed E-state index contributed by atoms with van der Waals surface area (Å²) in [6.45, 7) is 7.02. The third-order valence-corrected chi connectivity index (χ3v) is 4.49. The second-order valence-electron chi connectivity index (χ2n) is 5.50. The lowest BCUT2D eigenvalue weighted by atomic mass is 10.2. The predicted molar refractivity (Wildman–Crippen MR) is 92.5 cm³/mol. The molecule has 0 radical (unpaired) electrons. The molecule has 0 amide bonds. The van der Waals surface area contributed by atoms with Gasteiger partial charge in [-0.2, -0.15) is 11.8 Å². The second-order valence-corrected chi connectivity index (χ2v) is 6.60. The van der Waals surface area contributed by atoms with Gasteiger partial charge in [0.05, 0.1) is 0 Å². The summed E-state index contributed by atoms with van der Waals surface area (Å²) in [6, 6.07) is 10.7. The fourth-order valence-corrected chi connectivity index (χ4v) is 2.99. The largest absolute Gasteiger partial charge is 0.305 e. The van der Waals surface area contributed by atoms with Crippen LogP contribution in [-0.4, -0.2) is 55.8 Å². The SMILES string of the molecule is CCCCN(C)CCN(C)CCSCc1ccccc1. The number of benzene rings is 1. The molecule has 0 N–H and O–H groups in total. The van der Waals surface area contributed by atoms with Crippen LogP contribution in [0.5, 0.6) is 0 Å². The van der Waals surface area contributed by atoms with Crippen LogP contribution in [0.4, 0.5) is 0 Å². The van der Waals surface area contributed by atoms with Crippen molar-refractivity contribution >= 4 is 11.8 Å². The number of hydrogen-bond acceptors (Lipinski definition) is 3. The molecule has 1 aromatic rings. The van der Waals surface area contributed by atoms with Crippen LogP contribution >= 0.6 is 11.8 Å². The molecule has 20 heavy (non-hydrogen) atoms. The van der Waals surface area contributed by atoms with Gasteiger partial charge >= 0.3 is 0 Å². The molecule has 0 aliphatic heterocycles. The van der Waals surface area contributed by atoms with Gasteiger partial charge in [-0.05, 0) is 32.6 Å². The summed E-state index contributed by atoms with van der Waals surface area (Å²) >= 11 is 2.03. The molecule has 0 aromatic heterocycles. The highest BCUT2D eigenvalue weighted by atomic mass is 32.2. The van der Waals surface area contributed by atoms with Gasteiger partial charge in [0.2, 0.25) is 0 Å². The van der Waals surface area contributed by atoms with E-state index < -0.39 is 0 Å². The maximum atomic E-state index is 2.44. The first-order chi connectivity index (χ1) is 9.72. The maximum absolute atomic E-state index is 2.44. The molecule has 0 saturated carbocycles. The summed E-state index contributed by atoms with van der Waals surface area (Å²) in [5, 5.41) is 0. The van der Waals surface area contributed by atoms with Crippen molar-refractivity contribution in [1.29, 1.82) is 0 Å². The fraction of sp³-hybridized carbons (Fsp3) is 0.647. The lowest BCUT2D eigenvalue weighted by Crippen LogP contribution is -2.32. The zero-order valence-electron chi connectivity index (χ0n) is 13.3. The molecule has 0 fully saturated rings. The van der Waals surface area contributed by atoms with Gasteiger partial charge in [-0.1, -0.05) is 43.7 Å². The summed E-state index contributed by atoms with van der Waals surface area (Å²) in [7, 11) is 4.46. The molecule has 0 heterocycles. The highest BCUT2D eigenvalue weighted by molar-refractivity contribution is 7.98. The Bertz CT molecular complexity index is 329. The minimum absolute atomic E-state index is 1.13. The van der Waals surface area contributed by atoms with Crippen LogP contribution in [0.2, 0.25) is 0 Å². The number of likely N-dealkylation sites (N-methyl/N-ethyl adjacent to an activating group) is 2. The van der Waals surface area contributed by atoms with Gasteiger partial charge in [0.25, 0.3) is 0 Å². The molecule has 3 heteroatoms. The van der Waals surface area contributed by atoms with Crippen LogP contribution in [-0.2, 0) is 5.75 Å². The summed E-state index contributed by atoms with van der Waals surface area (Å²) in [5.74, 6) is 2.34. The van der Waals surface area contributed by atoms with Crippen LogP contribution < -0.4 is 0 Å². The number of hydrogen-bond donors (Lipinski definition) is 0. The van der Waals surface area contributed by atoms with Crippen molar-refractivity contribution in [3.8, 4) is 0 Å². The molecule has 0 saturated heterocycles. The number of unbranched alkanes of at least 4 members (excludes halogenated alkanes) is 1. The standard InChI is InChI=1S/C17H30N2S/c1-4-5-11-18(2)12-13-19(3)14-15-20-16-17-9-7-6-8-10-17/h6-10H,4-5,11-16H2,1-3H3. The average Bonchev–Trinajstić information content (AvgIpc) is 2.48. The Hall–Kier alpha value is -0.510. The molecular weight excluding hydrogens is 264 g/mol. The van der Waals surface area contributed by atoms with E-state index in [2.05, 4.69) is 61.2 Å². The van der Waals surface area contributed by atoms with E-state index in [0.717, 1.165) is 5.75 Å². The smallest absolute Gasteiger partial charge is 0.0185 e. The van der Waals surface area contributed by atoms with Gasteiger partial charge in [-0.15, -0.1) is 0 Å². The van der Waals surface area contributed by atoms with E-state index in [4.69, 9.17) is 0 Å². The minimum Gasteiger partial charge on any atom is -0.305 e. The Morgan fingerprint density at radius 3 is 2.20 bits per heavy atom. The molecule has 1 aromatic carbocycles. The van der Waals surface area contributed by atoms with E-state index in [1.165, 1.54) is 50.3 Å². The number of nitrogens with zero attached hydrogens (tertiary/aromatic N) is 2. The molecule has 0 aliphatic carbocycles. The Kier molecular flexibility index (Phi) is 9.81. The molecule has 114 valence electrons. The molecule has 0 unspecified atom stereocenters. The second kappa shape index (κ2) is 11.2. The van der Waals surface area contributed by atoms with Gasteiger partial charge in [0.15, 0.2) is 0 Å². The van der Waals surface area contributed by atoms with Crippen molar-refractivity contribution in [2.24, 2.45) is 0 Å². The van der Waals surface area contributed by atoms with Gasteiger partial charge in [-0.3, -0.25) is 0 Å². The van der Waals surface area contributed by atoms with Crippen LogP contribution in [0.1, 0.15) is 25.3 Å². The first-order valence-electron chi connectivity index (χ1n) is 7.71. The van der Waals surface area contributed by atoms with Crippen LogP contribution in [0.3, 0.4) is 0 Å². The Labute approximate surface area is 129 Å². The van der Waals surface area contributed by atoms with Gasteiger partial charge in [-0.25, -0.2) is 0 Å². The summed E-state index contributed by atoms with van der Waals surface area (Å²) < 4.78 is 0. The quantitative estimate of drug-likeness (QED) is 0.576. The van der Waals surface area contributed by atoms with Crippen molar-refractivity contribution in [2.75, 3.05) is 46.0 Å². The van der Waals surface area contributed by atoms with Gasteiger partial charge < -0.3 is 9.80 Å². The topological polar surface area (TPSA) is 6.48 Å². The Balaban J connectivity index is 2.01. The van der Waals surface area contributed by atoms with Crippen LogP contribution in [0, 0.1) is 0 Å². The highest BCUT2D eigenvalue weighted by Gasteiger charge is 2.02. The summed E-state index contributed by atoms with van der Waals surface area (Å²) in [4.78, 5) is 4.89. The Morgan fingerprint density at radius 1 is 0.900 bits per heavy atom. The predicted octanol–water partition coefficient (Wildman–Crippen LogP) is 3.58. The lowest BCUT2D eigenvalue weighted by molar-refractivity contribution is 0.262. The molecule has 0 bridgehead atoms. The summed E-state index contributed by atoms with van der Waals surface area (Å²) in [6.07, 6.45) is 2.60. The van der Waals surface area contributed by atoms with E-state index in [1.54, 1.807) is 0 Å². The van der Waals surface area contributed by atoms with Crippen molar-refractivity contribution in [3.63, 3.8) is 0 Å². The fourth-order valence-electron chi connectivity index (χ4n) is 1.98. The molecular formula is C17H30N2S. The average molecular weight is 295 g/mol. The van der Waals surface area contributed by atoms with Gasteiger partial charge in [0, 0.05) is 31.1 Å². The normalized spacial score (nSPS) is 11.4. The zero-order valence-corrected chi connectivity index (χ0v) is 14.2. The van der Waals surface area contributed by atoms with Crippen LogP contribution in [0.25, 0.3) is 0 Å².